The van der Waals surface area contributed by atoms with Gasteiger partial charge in [0.15, 0.2) is 0 Å². The Balaban J connectivity index is 0. The lowest BCUT2D eigenvalue weighted by atomic mass is 11.1. The molecular weight excluding hydrogens is 191 g/mol. The fourth-order valence-corrected chi connectivity index (χ4v) is 0.116. The number of hydrogen-bond acceptors (Lipinski definition) is 5. The summed E-state index contributed by atoms with van der Waals surface area (Å²) in [6.07, 6.45) is 0. The van der Waals surface area contributed by atoms with Gasteiger partial charge in [0, 0.05) is 0 Å². The van der Waals surface area contributed by atoms with Crippen LogP contribution in [0, 0.1) is 0 Å². The summed E-state index contributed by atoms with van der Waals surface area (Å²) in [5, 5.41) is 3.07. The lowest BCUT2D eigenvalue weighted by molar-refractivity contribution is 0.275. The van der Waals surface area contributed by atoms with Crippen molar-refractivity contribution in [1.29, 1.82) is 0 Å². The number of nitrogens with two attached hydrogens (primary N) is 3. The summed E-state index contributed by atoms with van der Waals surface area (Å²) in [4.78, 5) is 21.6. The van der Waals surface area contributed by atoms with Crippen LogP contribution < -0.4 is 28.4 Å². The Morgan fingerprint density at radius 1 is 1.25 bits per heavy atom. The summed E-state index contributed by atoms with van der Waals surface area (Å²) in [5.41, 5.74) is 4.18. The molecule has 0 aliphatic heterocycles. The van der Waals surface area contributed by atoms with E-state index in [9.17, 15) is 0 Å². The summed E-state index contributed by atoms with van der Waals surface area (Å²) in [7, 11) is -4.64. The van der Waals surface area contributed by atoms with E-state index in [1.165, 1.54) is 0 Å². The van der Waals surface area contributed by atoms with Crippen molar-refractivity contribution in [2.75, 3.05) is 0 Å². The van der Waals surface area contributed by atoms with Gasteiger partial charge in [-0.2, -0.15) is 0 Å². The summed E-state index contributed by atoms with van der Waals surface area (Å²) < 4.78 is 8.88. The molecule has 0 spiro atoms. The van der Waals surface area contributed by atoms with Crippen molar-refractivity contribution in [3.05, 3.63) is 0 Å². The van der Waals surface area contributed by atoms with Crippen LogP contribution in [0.3, 0.4) is 0 Å². The smallest absolute Gasteiger partial charge is 0.320 e. The average Bonchev–Trinajstić information content (AvgIpc) is 1.88. The Bertz CT molecular complexity index is 160. The zero-order chi connectivity index (χ0) is 10.2. The summed E-state index contributed by atoms with van der Waals surface area (Å²) >= 11 is 0. The molecule has 74 valence electrons. The minimum atomic E-state index is -4.64. The summed E-state index contributed by atoms with van der Waals surface area (Å²) in [5.74, 6) is 14.4. The molecule has 12 heavy (non-hydrogen) atoms. The van der Waals surface area contributed by atoms with E-state index in [2.05, 4.69) is 16.0 Å². The van der Waals surface area contributed by atoms with Crippen molar-refractivity contribution in [3.63, 3.8) is 0 Å². The maximum Gasteiger partial charge on any atom is 0.466 e. The maximum absolute atomic E-state index is 8.88. The van der Waals surface area contributed by atoms with Gasteiger partial charge in [0.25, 0.3) is 0 Å². The normalized spacial score (nSPS) is 9.08. The van der Waals surface area contributed by atoms with Crippen LogP contribution >= 0.6 is 7.82 Å². The van der Waals surface area contributed by atoms with E-state index < -0.39 is 7.82 Å². The van der Waals surface area contributed by atoms with Crippen molar-refractivity contribution < 1.29 is 19.2 Å². The quantitative estimate of drug-likeness (QED) is 0.0639. The number of hydrazone groups is 1. The van der Waals surface area contributed by atoms with Gasteiger partial charge >= 0.3 is 7.82 Å². The van der Waals surface area contributed by atoms with Crippen molar-refractivity contribution in [2.24, 2.45) is 22.6 Å². The van der Waals surface area contributed by atoms with Gasteiger partial charge < -0.3 is 20.5 Å². The number of nitrogens with zero attached hydrogens (tertiary/aromatic N) is 1. The first kappa shape index (κ1) is 13.7. The second-order valence-electron chi connectivity index (χ2n) is 1.28. The molecule has 10 nitrogen and oxygen atoms in total. The van der Waals surface area contributed by atoms with Crippen LogP contribution in [0.2, 0.25) is 0 Å². The van der Waals surface area contributed by atoms with E-state index in [-0.39, 0.29) is 5.96 Å². The highest BCUT2D eigenvalue weighted by Gasteiger charge is 2.00. The van der Waals surface area contributed by atoms with Gasteiger partial charge in [0.1, 0.15) is 0 Å². The zero-order valence-electron chi connectivity index (χ0n) is 5.88. The Morgan fingerprint density at radius 3 is 1.50 bits per heavy atom. The highest BCUT2D eigenvalue weighted by molar-refractivity contribution is 7.45. The minimum Gasteiger partial charge on any atom is -0.320 e. The molecule has 0 aromatic carbocycles. The molecule has 0 atom stereocenters. The molecule has 0 aliphatic carbocycles. The first-order valence-electron chi connectivity index (χ1n) is 2.34. The molecule has 11 N–H and O–H groups in total. The van der Waals surface area contributed by atoms with Crippen molar-refractivity contribution in [2.45, 2.75) is 0 Å². The van der Waals surface area contributed by atoms with E-state index in [4.69, 9.17) is 36.8 Å². The van der Waals surface area contributed by atoms with Gasteiger partial charge in [-0.1, -0.05) is 0 Å². The van der Waals surface area contributed by atoms with Crippen LogP contribution in [0.25, 0.3) is 0 Å². The fourth-order valence-electron chi connectivity index (χ4n) is 0.116. The van der Waals surface area contributed by atoms with Gasteiger partial charge in [0.2, 0.25) is 5.96 Å². The number of guanidine groups is 1. The van der Waals surface area contributed by atoms with Crippen molar-refractivity contribution in [3.8, 4) is 0 Å². The number of phosphoric acid groups is 1. The summed E-state index contributed by atoms with van der Waals surface area (Å²) in [6.45, 7) is 0. The first-order valence-corrected chi connectivity index (χ1v) is 3.91. The Kier molecular flexibility index (Phi) is 7.73. The van der Waals surface area contributed by atoms with E-state index in [0.717, 1.165) is 0 Å². The van der Waals surface area contributed by atoms with Gasteiger partial charge in [-0.25, -0.2) is 16.3 Å². The van der Waals surface area contributed by atoms with Gasteiger partial charge in [-0.15, -0.1) is 5.10 Å². The van der Waals surface area contributed by atoms with Crippen LogP contribution in [0.1, 0.15) is 0 Å². The SMILES string of the molecule is NN=C(NN)NN.O=P(O)(O)O. The topological polar surface area (TPSA) is 192 Å². The van der Waals surface area contributed by atoms with Gasteiger partial charge in [-0.05, 0) is 0 Å². The first-order chi connectivity index (χ1) is 5.35. The monoisotopic (exact) mass is 202 g/mol. The number of rotatable bonds is 0. The lowest BCUT2D eigenvalue weighted by Gasteiger charge is -1.97. The second kappa shape index (κ2) is 6.79. The molecule has 0 unspecified atom stereocenters. The van der Waals surface area contributed by atoms with Crippen LogP contribution in [0.5, 0.6) is 0 Å². The number of hydrazine groups is 2. The molecule has 0 fully saturated rings. The van der Waals surface area contributed by atoms with E-state index >= 15 is 0 Å². The average molecular weight is 202 g/mol. The van der Waals surface area contributed by atoms with Crippen LogP contribution in [0.4, 0.5) is 0 Å². The molecule has 11 heteroatoms. The van der Waals surface area contributed by atoms with Gasteiger partial charge in [-0.3, -0.25) is 10.9 Å². The molecule has 0 radical (unpaired) electrons. The molecular formula is CH11N6O4P. The Hall–Kier alpha value is -0.900. The number of nitrogens with one attached hydrogen (secondary N) is 2. The standard InChI is InChI=1S/CH8N6.H3O4P/c2-5-1(6-3)7-4;1-5(2,3)4/h2-4H2,(H2,5,6,7);(H3,1,2,3,4). The molecule has 0 bridgehead atoms. The molecule has 0 aliphatic rings. The molecule has 0 amide bonds. The zero-order valence-corrected chi connectivity index (χ0v) is 6.77. The predicted octanol–water partition coefficient (Wildman–Crippen LogP) is -3.79. The maximum atomic E-state index is 8.88. The van der Waals surface area contributed by atoms with Crippen LogP contribution in [-0.4, -0.2) is 20.6 Å². The summed E-state index contributed by atoms with van der Waals surface area (Å²) in [6, 6.07) is 0. The Labute approximate surface area is 67.6 Å². The highest BCUT2D eigenvalue weighted by atomic mass is 31.2. The molecule has 0 saturated heterocycles. The predicted molar refractivity (Wildman–Crippen MR) is 40.5 cm³/mol. The molecule has 0 aromatic rings. The van der Waals surface area contributed by atoms with Crippen molar-refractivity contribution >= 4 is 13.8 Å². The Morgan fingerprint density at radius 2 is 1.50 bits per heavy atom. The molecule has 0 heterocycles. The second-order valence-corrected chi connectivity index (χ2v) is 2.31. The van der Waals surface area contributed by atoms with E-state index in [1.54, 1.807) is 0 Å². The van der Waals surface area contributed by atoms with E-state index in [0.29, 0.717) is 0 Å². The van der Waals surface area contributed by atoms with Gasteiger partial charge in [0.05, 0.1) is 0 Å². The minimum absolute atomic E-state index is 0.139. The largest absolute Gasteiger partial charge is 0.466 e. The highest BCUT2D eigenvalue weighted by Crippen LogP contribution is 2.25. The van der Waals surface area contributed by atoms with E-state index in [1.807, 2.05) is 0 Å². The third-order valence-electron chi connectivity index (χ3n) is 0.403. The van der Waals surface area contributed by atoms with Crippen LogP contribution in [-0.2, 0) is 4.57 Å². The molecule has 0 aromatic heterocycles. The van der Waals surface area contributed by atoms with Crippen molar-refractivity contribution in [1.82, 2.24) is 10.9 Å². The molecule has 0 rings (SSSR count). The van der Waals surface area contributed by atoms with Crippen LogP contribution in [0.15, 0.2) is 5.10 Å². The number of hydrogen-bond donors (Lipinski definition) is 8. The lowest BCUT2D eigenvalue weighted by Crippen LogP contribution is -2.45. The third-order valence-corrected chi connectivity index (χ3v) is 0.403. The molecule has 0 saturated carbocycles. The third kappa shape index (κ3) is 23.0. The fraction of sp³-hybridized carbons (Fsp3) is 0.